The van der Waals surface area contributed by atoms with Gasteiger partial charge in [-0.25, -0.2) is 9.13 Å². The maximum atomic E-state index is 2.50. The summed E-state index contributed by atoms with van der Waals surface area (Å²) in [5, 5.41) is 0. The average Bonchev–Trinajstić information content (AvgIpc) is 2.82. The Bertz CT molecular complexity index is 648. The lowest BCUT2D eigenvalue weighted by molar-refractivity contribution is -0.715. The molecule has 0 radical (unpaired) electrons. The van der Waals surface area contributed by atoms with Crippen LogP contribution in [0.5, 0.6) is 0 Å². The second-order valence-electron chi connectivity index (χ2n) is 9.51. The van der Waals surface area contributed by atoms with Crippen LogP contribution in [-0.2, 0) is 25.9 Å². The molecule has 0 saturated carbocycles. The zero-order valence-electron chi connectivity index (χ0n) is 21.2. The van der Waals surface area contributed by atoms with Gasteiger partial charge in [0.05, 0.1) is 0 Å². The van der Waals surface area contributed by atoms with Gasteiger partial charge in [0.15, 0.2) is 23.8 Å². The van der Waals surface area contributed by atoms with Crippen LogP contribution < -0.4 is 9.13 Å². The Morgan fingerprint density at radius 3 is 1.31 bits per heavy atom. The van der Waals surface area contributed by atoms with Crippen molar-refractivity contribution in [3.8, 4) is 0 Å². The molecule has 0 aliphatic rings. The Kier molecular flexibility index (Phi) is 14.8. The average molecular weight is 439 g/mol. The minimum Gasteiger partial charge on any atom is -0.202 e. The van der Waals surface area contributed by atoms with E-state index in [0.717, 1.165) is 13.1 Å². The molecule has 0 aliphatic heterocycles. The molecule has 0 aromatic carbocycles. The van der Waals surface area contributed by atoms with E-state index in [2.05, 4.69) is 71.8 Å². The summed E-state index contributed by atoms with van der Waals surface area (Å²) in [5.74, 6) is 0. The molecule has 2 aromatic rings. The topological polar surface area (TPSA) is 7.76 Å². The summed E-state index contributed by atoms with van der Waals surface area (Å²) in [4.78, 5) is 0. The van der Waals surface area contributed by atoms with E-state index >= 15 is 0 Å². The summed E-state index contributed by atoms with van der Waals surface area (Å²) >= 11 is 0. The second-order valence-corrected chi connectivity index (χ2v) is 9.51. The van der Waals surface area contributed by atoms with E-state index in [1.807, 2.05) is 0 Å². The first-order valence-electron chi connectivity index (χ1n) is 13.8. The Balaban J connectivity index is 1.70. The first-order chi connectivity index (χ1) is 15.8. The van der Waals surface area contributed by atoms with Crippen LogP contribution in [0.4, 0.5) is 0 Å². The van der Waals surface area contributed by atoms with Gasteiger partial charge >= 0.3 is 0 Å². The smallest absolute Gasteiger partial charge is 0.181 e. The molecule has 0 amide bonds. The number of aromatic nitrogens is 2. The van der Waals surface area contributed by atoms with E-state index in [1.54, 1.807) is 0 Å². The molecule has 178 valence electrons. The minimum absolute atomic E-state index is 1.15. The molecule has 2 heteroatoms. The largest absolute Gasteiger partial charge is 0.202 e. The standard InChI is InChI=1S/C30H50N2/c1-3-5-7-9-11-13-21-29-23-15-17-25-31(29)27-19-20-28-32-26-18-16-24-30(32)22-14-12-10-8-6-4-2/h15-18,23-26H,3-14,19-22,27-28H2,1-2H3/q+2. The van der Waals surface area contributed by atoms with Gasteiger partial charge in [-0.15, -0.1) is 0 Å². The number of hydrogen-bond donors (Lipinski definition) is 0. The molecule has 2 aromatic heterocycles. The zero-order chi connectivity index (χ0) is 22.7. The Hall–Kier alpha value is -1.70. The van der Waals surface area contributed by atoms with Crippen molar-refractivity contribution in [2.75, 3.05) is 0 Å². The van der Waals surface area contributed by atoms with E-state index < -0.39 is 0 Å². The minimum atomic E-state index is 1.15. The van der Waals surface area contributed by atoms with E-state index in [4.69, 9.17) is 0 Å². The van der Waals surface area contributed by atoms with Gasteiger partial charge in [-0.2, -0.15) is 0 Å². The van der Waals surface area contributed by atoms with Crippen molar-refractivity contribution in [3.63, 3.8) is 0 Å². The van der Waals surface area contributed by atoms with Crippen molar-refractivity contribution in [3.05, 3.63) is 60.2 Å². The second kappa shape index (κ2) is 17.8. The number of unbranched alkanes of at least 4 members (excludes halogenated alkanes) is 11. The SMILES string of the molecule is CCCCCCCCc1cccc[n+]1CCCC[n+]1ccccc1CCCCCCCC. The van der Waals surface area contributed by atoms with Crippen LogP contribution >= 0.6 is 0 Å². The molecule has 0 fully saturated rings. The highest BCUT2D eigenvalue weighted by molar-refractivity contribution is 4.98. The molecule has 0 unspecified atom stereocenters. The predicted molar refractivity (Wildman–Crippen MR) is 137 cm³/mol. The van der Waals surface area contributed by atoms with Crippen LogP contribution in [-0.4, -0.2) is 0 Å². The number of pyridine rings is 2. The third-order valence-electron chi connectivity index (χ3n) is 6.69. The highest BCUT2D eigenvalue weighted by atomic mass is 15.0. The van der Waals surface area contributed by atoms with Gasteiger partial charge in [0.1, 0.15) is 13.1 Å². The van der Waals surface area contributed by atoms with Crippen LogP contribution in [0.25, 0.3) is 0 Å². The van der Waals surface area contributed by atoms with E-state index in [-0.39, 0.29) is 0 Å². The number of aryl methyl sites for hydroxylation is 4. The summed E-state index contributed by atoms with van der Waals surface area (Å²) < 4.78 is 5.00. The van der Waals surface area contributed by atoms with Gasteiger partial charge in [0.2, 0.25) is 0 Å². The molecule has 2 heterocycles. The summed E-state index contributed by atoms with van der Waals surface area (Å²) in [6, 6.07) is 13.5. The Morgan fingerprint density at radius 2 is 0.875 bits per heavy atom. The third kappa shape index (κ3) is 11.2. The molecule has 2 rings (SSSR count). The summed E-state index contributed by atoms with van der Waals surface area (Å²) in [5.41, 5.74) is 3.03. The lowest BCUT2D eigenvalue weighted by Gasteiger charge is -2.06. The first kappa shape index (κ1) is 26.6. The summed E-state index contributed by atoms with van der Waals surface area (Å²) in [7, 11) is 0. The lowest BCUT2D eigenvalue weighted by Crippen LogP contribution is -2.40. The fraction of sp³-hybridized carbons (Fsp3) is 0.667. The van der Waals surface area contributed by atoms with Crippen molar-refractivity contribution < 1.29 is 9.13 Å². The maximum Gasteiger partial charge on any atom is 0.181 e. The highest BCUT2D eigenvalue weighted by Crippen LogP contribution is 2.09. The maximum absolute atomic E-state index is 2.50. The van der Waals surface area contributed by atoms with E-state index in [9.17, 15) is 0 Å². The summed E-state index contributed by atoms with van der Waals surface area (Å²) in [6.07, 6.45) is 26.0. The zero-order valence-corrected chi connectivity index (χ0v) is 21.2. The van der Waals surface area contributed by atoms with Gasteiger partial charge in [0, 0.05) is 49.9 Å². The quantitative estimate of drug-likeness (QED) is 0.158. The number of nitrogens with zero attached hydrogens (tertiary/aromatic N) is 2. The number of hydrogen-bond acceptors (Lipinski definition) is 0. The van der Waals surface area contributed by atoms with Gasteiger partial charge in [0.25, 0.3) is 0 Å². The van der Waals surface area contributed by atoms with Gasteiger partial charge < -0.3 is 0 Å². The van der Waals surface area contributed by atoms with Crippen LogP contribution in [0.2, 0.25) is 0 Å². The monoisotopic (exact) mass is 438 g/mol. The predicted octanol–water partition coefficient (Wildman–Crippen LogP) is 7.55. The molecule has 2 nitrogen and oxygen atoms in total. The first-order valence-corrected chi connectivity index (χ1v) is 13.8. The van der Waals surface area contributed by atoms with Gasteiger partial charge in [-0.05, 0) is 12.8 Å². The lowest BCUT2D eigenvalue weighted by atomic mass is 10.1. The third-order valence-corrected chi connectivity index (χ3v) is 6.69. The van der Waals surface area contributed by atoms with Crippen LogP contribution in [0, 0.1) is 0 Å². The Labute approximate surface area is 199 Å². The van der Waals surface area contributed by atoms with Crippen molar-refractivity contribution in [1.29, 1.82) is 0 Å². The van der Waals surface area contributed by atoms with Gasteiger partial charge in [-0.3, -0.25) is 0 Å². The van der Waals surface area contributed by atoms with Crippen LogP contribution in [0.3, 0.4) is 0 Å². The van der Waals surface area contributed by atoms with Gasteiger partial charge in [-0.1, -0.05) is 90.2 Å². The van der Waals surface area contributed by atoms with Crippen molar-refractivity contribution >= 4 is 0 Å². The molecule has 0 spiro atoms. The normalized spacial score (nSPS) is 11.2. The van der Waals surface area contributed by atoms with Crippen molar-refractivity contribution in [1.82, 2.24) is 0 Å². The van der Waals surface area contributed by atoms with E-state index in [0.29, 0.717) is 0 Å². The molecular formula is C30H50N2+2. The fourth-order valence-electron chi connectivity index (χ4n) is 4.65. The molecule has 0 aliphatic carbocycles. The Morgan fingerprint density at radius 1 is 0.469 bits per heavy atom. The highest BCUT2D eigenvalue weighted by Gasteiger charge is 2.12. The van der Waals surface area contributed by atoms with Crippen molar-refractivity contribution in [2.45, 2.75) is 130 Å². The van der Waals surface area contributed by atoms with E-state index in [1.165, 1.54) is 114 Å². The molecular weight excluding hydrogens is 388 g/mol. The molecule has 0 bridgehead atoms. The van der Waals surface area contributed by atoms with Crippen LogP contribution in [0.1, 0.15) is 115 Å². The molecule has 0 N–H and O–H groups in total. The molecule has 0 saturated heterocycles. The molecule has 32 heavy (non-hydrogen) atoms. The van der Waals surface area contributed by atoms with Crippen LogP contribution in [0.15, 0.2) is 48.8 Å². The fourth-order valence-corrected chi connectivity index (χ4v) is 4.65. The summed E-state index contributed by atoms with van der Waals surface area (Å²) in [6.45, 7) is 6.87. The molecule has 0 atom stereocenters. The number of rotatable bonds is 19. The van der Waals surface area contributed by atoms with Crippen molar-refractivity contribution in [2.24, 2.45) is 0 Å².